The molecule has 0 aromatic heterocycles. The van der Waals surface area contributed by atoms with Crippen molar-refractivity contribution in [3.8, 4) is 0 Å². The Labute approximate surface area is 115 Å². The van der Waals surface area contributed by atoms with Crippen LogP contribution in [0.15, 0.2) is 53.9 Å². The average molecular weight is 279 g/mol. The molecule has 0 aliphatic carbocycles. The minimum Gasteiger partial charge on any atom is -0.207 e. The van der Waals surface area contributed by atoms with E-state index in [1.807, 2.05) is 35.7 Å². The van der Waals surface area contributed by atoms with Crippen molar-refractivity contribution < 1.29 is 4.39 Å². The van der Waals surface area contributed by atoms with E-state index in [0.717, 1.165) is 16.3 Å². The summed E-state index contributed by atoms with van der Waals surface area (Å²) in [6.07, 6.45) is 1.97. The van der Waals surface area contributed by atoms with Crippen LogP contribution in [-0.4, -0.2) is 0 Å². The van der Waals surface area contributed by atoms with Crippen LogP contribution in [-0.2, 0) is 5.75 Å². The van der Waals surface area contributed by atoms with Gasteiger partial charge >= 0.3 is 0 Å². The maximum Gasteiger partial charge on any atom is 0.123 e. The van der Waals surface area contributed by atoms with Crippen molar-refractivity contribution in [2.24, 2.45) is 0 Å². The zero-order valence-electron chi connectivity index (χ0n) is 9.64. The fraction of sp³-hybridized carbons (Fsp3) is 0.0667. The van der Waals surface area contributed by atoms with Gasteiger partial charge in [0, 0.05) is 10.8 Å². The number of rotatable bonds is 4. The van der Waals surface area contributed by atoms with Crippen LogP contribution in [0.2, 0.25) is 5.02 Å². The quantitative estimate of drug-likeness (QED) is 0.723. The van der Waals surface area contributed by atoms with Gasteiger partial charge in [-0.05, 0) is 46.9 Å². The first-order valence-electron chi connectivity index (χ1n) is 5.52. The smallest absolute Gasteiger partial charge is 0.123 e. The molecule has 0 unspecified atom stereocenters. The number of hydrogen-bond acceptors (Lipinski definition) is 1. The number of halogens is 2. The fourth-order valence-electron chi connectivity index (χ4n) is 1.43. The SMILES string of the molecule is Fc1ccc(/C=C/SCc2ccc(Cl)cc2)cc1. The van der Waals surface area contributed by atoms with Crippen molar-refractivity contribution in [1.82, 2.24) is 0 Å². The Hall–Kier alpha value is -1.25. The second kappa shape index (κ2) is 6.62. The lowest BCUT2D eigenvalue weighted by Gasteiger charge is -1.98. The van der Waals surface area contributed by atoms with Gasteiger partial charge < -0.3 is 0 Å². The van der Waals surface area contributed by atoms with Crippen LogP contribution in [0.4, 0.5) is 4.39 Å². The summed E-state index contributed by atoms with van der Waals surface area (Å²) in [5.74, 6) is 0.690. The molecule has 2 aromatic carbocycles. The molecule has 0 N–H and O–H groups in total. The van der Waals surface area contributed by atoms with Gasteiger partial charge in [-0.25, -0.2) is 4.39 Å². The summed E-state index contributed by atoms with van der Waals surface area (Å²) < 4.78 is 12.7. The topological polar surface area (TPSA) is 0 Å². The van der Waals surface area contributed by atoms with E-state index >= 15 is 0 Å². The fourth-order valence-corrected chi connectivity index (χ4v) is 2.29. The van der Waals surface area contributed by atoms with E-state index < -0.39 is 0 Å². The highest BCUT2D eigenvalue weighted by molar-refractivity contribution is 8.01. The van der Waals surface area contributed by atoms with E-state index in [0.29, 0.717) is 0 Å². The summed E-state index contributed by atoms with van der Waals surface area (Å²) in [5.41, 5.74) is 2.23. The summed E-state index contributed by atoms with van der Waals surface area (Å²) in [4.78, 5) is 0. The third-order valence-electron chi connectivity index (χ3n) is 2.39. The molecular formula is C15H12ClFS. The van der Waals surface area contributed by atoms with Crippen molar-refractivity contribution in [2.75, 3.05) is 0 Å². The zero-order chi connectivity index (χ0) is 12.8. The monoisotopic (exact) mass is 278 g/mol. The van der Waals surface area contributed by atoms with Crippen LogP contribution in [0.25, 0.3) is 6.08 Å². The van der Waals surface area contributed by atoms with E-state index in [1.54, 1.807) is 23.9 Å². The second-order valence-electron chi connectivity index (χ2n) is 3.79. The Morgan fingerprint density at radius 2 is 1.67 bits per heavy atom. The molecule has 0 spiro atoms. The third-order valence-corrected chi connectivity index (χ3v) is 3.47. The minimum absolute atomic E-state index is 0.207. The Kier molecular flexibility index (Phi) is 4.85. The molecule has 0 saturated heterocycles. The average Bonchev–Trinajstić information content (AvgIpc) is 2.39. The first kappa shape index (κ1) is 13.2. The summed E-state index contributed by atoms with van der Waals surface area (Å²) in [6, 6.07) is 14.3. The van der Waals surface area contributed by atoms with Crippen LogP contribution in [0.1, 0.15) is 11.1 Å². The summed E-state index contributed by atoms with van der Waals surface area (Å²) in [6.45, 7) is 0. The van der Waals surface area contributed by atoms with E-state index in [2.05, 4.69) is 0 Å². The Bertz CT molecular complexity index is 517. The molecule has 0 nitrogen and oxygen atoms in total. The minimum atomic E-state index is -0.207. The Morgan fingerprint density at radius 1 is 1.00 bits per heavy atom. The summed E-state index contributed by atoms with van der Waals surface area (Å²) >= 11 is 7.51. The highest BCUT2D eigenvalue weighted by atomic mass is 35.5. The van der Waals surface area contributed by atoms with E-state index in [-0.39, 0.29) is 5.82 Å². The van der Waals surface area contributed by atoms with E-state index in [9.17, 15) is 4.39 Å². The molecule has 3 heteroatoms. The molecule has 0 atom stereocenters. The van der Waals surface area contributed by atoms with Gasteiger partial charge in [-0.2, -0.15) is 0 Å². The summed E-state index contributed by atoms with van der Waals surface area (Å²) in [5, 5.41) is 2.77. The summed E-state index contributed by atoms with van der Waals surface area (Å²) in [7, 11) is 0. The maximum absolute atomic E-state index is 12.7. The predicted octanol–water partition coefficient (Wildman–Crippen LogP) is 5.38. The number of benzene rings is 2. The van der Waals surface area contributed by atoms with Crippen molar-refractivity contribution in [1.29, 1.82) is 0 Å². The lowest BCUT2D eigenvalue weighted by atomic mass is 10.2. The van der Waals surface area contributed by atoms with Crippen LogP contribution in [0.5, 0.6) is 0 Å². The largest absolute Gasteiger partial charge is 0.207 e. The van der Waals surface area contributed by atoms with Crippen molar-refractivity contribution in [2.45, 2.75) is 5.75 Å². The highest BCUT2D eigenvalue weighted by Gasteiger charge is 1.92. The molecule has 0 radical (unpaired) electrons. The van der Waals surface area contributed by atoms with Gasteiger partial charge in [-0.1, -0.05) is 35.9 Å². The molecule has 0 amide bonds. The molecule has 2 aromatic rings. The standard InChI is InChI=1S/C15H12ClFS/c16-14-5-1-13(2-6-14)11-18-10-9-12-3-7-15(17)8-4-12/h1-10H,11H2/b10-9+. The van der Waals surface area contributed by atoms with Gasteiger partial charge in [-0.3, -0.25) is 0 Å². The second-order valence-corrected chi connectivity index (χ2v) is 5.12. The molecule has 0 saturated carbocycles. The molecule has 2 rings (SSSR count). The Balaban J connectivity index is 1.84. The molecule has 0 heterocycles. The van der Waals surface area contributed by atoms with Crippen molar-refractivity contribution >= 4 is 29.4 Å². The van der Waals surface area contributed by atoms with Gasteiger partial charge in [0.1, 0.15) is 5.82 Å². The van der Waals surface area contributed by atoms with Crippen LogP contribution in [0.3, 0.4) is 0 Å². The van der Waals surface area contributed by atoms with Gasteiger partial charge in [-0.15, -0.1) is 11.8 Å². The lowest BCUT2D eigenvalue weighted by Crippen LogP contribution is -1.77. The molecule has 0 bridgehead atoms. The number of hydrogen-bond donors (Lipinski definition) is 0. The van der Waals surface area contributed by atoms with Crippen molar-refractivity contribution in [3.63, 3.8) is 0 Å². The molecule has 0 aliphatic rings. The molecular weight excluding hydrogens is 267 g/mol. The Morgan fingerprint density at radius 3 is 2.33 bits per heavy atom. The van der Waals surface area contributed by atoms with Crippen LogP contribution < -0.4 is 0 Å². The predicted molar refractivity (Wildman–Crippen MR) is 78.2 cm³/mol. The third kappa shape index (κ3) is 4.21. The first-order valence-corrected chi connectivity index (χ1v) is 6.95. The lowest BCUT2D eigenvalue weighted by molar-refractivity contribution is 0.628. The number of thioether (sulfide) groups is 1. The molecule has 18 heavy (non-hydrogen) atoms. The van der Waals surface area contributed by atoms with Crippen molar-refractivity contribution in [3.05, 3.63) is 75.9 Å². The van der Waals surface area contributed by atoms with Gasteiger partial charge in [0.15, 0.2) is 0 Å². The molecule has 0 fully saturated rings. The molecule has 92 valence electrons. The van der Waals surface area contributed by atoms with Crippen LogP contribution in [0, 0.1) is 5.82 Å². The first-order chi connectivity index (χ1) is 8.74. The van der Waals surface area contributed by atoms with Gasteiger partial charge in [0.25, 0.3) is 0 Å². The molecule has 0 aliphatic heterocycles. The van der Waals surface area contributed by atoms with Gasteiger partial charge in [0.2, 0.25) is 0 Å². The van der Waals surface area contributed by atoms with E-state index in [4.69, 9.17) is 11.6 Å². The highest BCUT2D eigenvalue weighted by Crippen LogP contribution is 2.17. The van der Waals surface area contributed by atoms with Gasteiger partial charge in [0.05, 0.1) is 0 Å². The normalized spacial score (nSPS) is 11.0. The zero-order valence-corrected chi connectivity index (χ0v) is 11.2. The van der Waals surface area contributed by atoms with Crippen LogP contribution >= 0.6 is 23.4 Å². The van der Waals surface area contributed by atoms with E-state index in [1.165, 1.54) is 17.7 Å². The maximum atomic E-state index is 12.7.